The van der Waals surface area contributed by atoms with E-state index in [2.05, 4.69) is 10.7 Å². The zero-order valence-corrected chi connectivity index (χ0v) is 18.3. The Morgan fingerprint density at radius 1 is 0.929 bits per heavy atom. The molecule has 4 rings (SSSR count). The lowest BCUT2D eigenvalue weighted by Gasteiger charge is -2.43. The van der Waals surface area contributed by atoms with Crippen LogP contribution in [0.5, 0.6) is 5.75 Å². The highest BCUT2D eigenvalue weighted by atomic mass is 35.7. The van der Waals surface area contributed by atoms with E-state index in [0.717, 1.165) is 51.0 Å². The Labute approximate surface area is 171 Å². The highest BCUT2D eigenvalue weighted by Crippen LogP contribution is 2.54. The highest BCUT2D eigenvalue weighted by Gasteiger charge is 2.47. The number of aryl methyl sites for hydroxylation is 1. The molecule has 0 spiro atoms. The van der Waals surface area contributed by atoms with Gasteiger partial charge in [0.1, 0.15) is 11.5 Å². The predicted octanol–water partition coefficient (Wildman–Crippen LogP) is 3.24. The molecule has 0 N–H and O–H groups in total. The van der Waals surface area contributed by atoms with Gasteiger partial charge in [-0.1, -0.05) is 6.07 Å². The summed E-state index contributed by atoms with van der Waals surface area (Å²) in [5.74, 6) is 2.92. The number of fused-ring (bicyclic) bond motifs is 5. The van der Waals surface area contributed by atoms with Crippen LogP contribution in [0.3, 0.4) is 0 Å². The average molecular weight is 449 g/mol. The number of carbonyl (C=O) groups is 1. The topological polar surface area (TPSA) is 94.6 Å². The van der Waals surface area contributed by atoms with Crippen molar-refractivity contribution in [2.75, 3.05) is 12.5 Å². The van der Waals surface area contributed by atoms with Crippen LogP contribution < -0.4 is 4.18 Å². The molecule has 4 atom stereocenters. The number of halogens is 1. The van der Waals surface area contributed by atoms with E-state index in [-0.39, 0.29) is 0 Å². The van der Waals surface area contributed by atoms with E-state index >= 15 is 0 Å². The molecule has 1 aromatic carbocycles. The molecule has 28 heavy (non-hydrogen) atoms. The van der Waals surface area contributed by atoms with E-state index < -0.39 is 19.2 Å². The van der Waals surface area contributed by atoms with Crippen LogP contribution in [0.1, 0.15) is 49.1 Å². The van der Waals surface area contributed by atoms with E-state index in [4.69, 9.17) is 4.18 Å². The van der Waals surface area contributed by atoms with Gasteiger partial charge in [0, 0.05) is 23.0 Å². The fraction of sp³-hybridized carbons (Fsp3) is 0.632. The number of benzene rings is 1. The number of hydrogen-bond donors (Lipinski definition) is 0. The first-order valence-electron chi connectivity index (χ1n) is 9.37. The van der Waals surface area contributed by atoms with Gasteiger partial charge in [-0.2, -0.15) is 8.42 Å². The van der Waals surface area contributed by atoms with Crippen LogP contribution in [-0.2, 0) is 30.4 Å². The number of hydrogen-bond acceptors (Lipinski definition) is 6. The predicted molar refractivity (Wildman–Crippen MR) is 108 cm³/mol. The fourth-order valence-electron chi connectivity index (χ4n) is 5.20. The average Bonchev–Trinajstić information content (AvgIpc) is 2.93. The lowest BCUT2D eigenvalue weighted by Crippen LogP contribution is -2.35. The van der Waals surface area contributed by atoms with Crippen LogP contribution in [0.2, 0.25) is 0 Å². The Bertz CT molecular complexity index is 962. The first-order chi connectivity index (χ1) is 12.9. The summed E-state index contributed by atoms with van der Waals surface area (Å²) < 4.78 is 46.4. The molecular formula is C19H25ClO6S2. The van der Waals surface area contributed by atoms with Crippen LogP contribution in [0.4, 0.5) is 0 Å². The van der Waals surface area contributed by atoms with Gasteiger partial charge in [-0.25, -0.2) is 8.42 Å². The Balaban J connectivity index is 0.000000403. The molecule has 0 aromatic heterocycles. The molecular weight excluding hydrogens is 424 g/mol. The molecule has 0 saturated heterocycles. The molecule has 9 heteroatoms. The Kier molecular flexibility index (Phi) is 6.13. The zero-order valence-electron chi connectivity index (χ0n) is 15.9. The van der Waals surface area contributed by atoms with Crippen molar-refractivity contribution in [3.63, 3.8) is 0 Å². The SMILES string of the molecule is CS(=O)(=O)Cl.CS(=O)(=O)Oc1ccc2c(c1)CCC1C2CCC2C(=O)CCC21. The largest absolute Gasteiger partial charge is 0.383 e. The second kappa shape index (κ2) is 7.95. The first kappa shape index (κ1) is 21.6. The van der Waals surface area contributed by atoms with E-state index in [9.17, 15) is 21.6 Å². The van der Waals surface area contributed by atoms with Crippen molar-refractivity contribution in [1.29, 1.82) is 0 Å². The van der Waals surface area contributed by atoms with E-state index in [1.54, 1.807) is 6.07 Å². The number of rotatable bonds is 2. The molecule has 0 bridgehead atoms. The van der Waals surface area contributed by atoms with Gasteiger partial charge in [-0.3, -0.25) is 4.79 Å². The number of carbonyl (C=O) groups excluding carboxylic acids is 1. The van der Waals surface area contributed by atoms with Crippen molar-refractivity contribution in [2.45, 2.75) is 44.4 Å². The van der Waals surface area contributed by atoms with Crippen molar-refractivity contribution in [2.24, 2.45) is 17.8 Å². The summed E-state index contributed by atoms with van der Waals surface area (Å²) in [6, 6.07) is 5.70. The molecule has 0 aliphatic heterocycles. The summed E-state index contributed by atoms with van der Waals surface area (Å²) in [5.41, 5.74) is 2.56. The van der Waals surface area contributed by atoms with Crippen LogP contribution in [0, 0.1) is 17.8 Å². The van der Waals surface area contributed by atoms with Crippen molar-refractivity contribution >= 4 is 35.6 Å². The first-order valence-corrected chi connectivity index (χ1v) is 13.9. The van der Waals surface area contributed by atoms with Gasteiger partial charge >= 0.3 is 10.1 Å². The summed E-state index contributed by atoms with van der Waals surface area (Å²) in [6.07, 6.45) is 7.99. The fourth-order valence-corrected chi connectivity index (χ4v) is 5.66. The van der Waals surface area contributed by atoms with Crippen LogP contribution >= 0.6 is 10.7 Å². The molecule has 3 aliphatic rings. The third-order valence-corrected chi connectivity index (χ3v) is 6.51. The minimum Gasteiger partial charge on any atom is -0.383 e. The van der Waals surface area contributed by atoms with Gasteiger partial charge in [0.05, 0.1) is 12.5 Å². The summed E-state index contributed by atoms with van der Waals surface area (Å²) in [4.78, 5) is 12.0. The van der Waals surface area contributed by atoms with E-state index in [0.29, 0.717) is 35.2 Å². The minimum atomic E-state index is -3.48. The summed E-state index contributed by atoms with van der Waals surface area (Å²) in [6.45, 7) is 0. The van der Waals surface area contributed by atoms with Crippen molar-refractivity contribution < 1.29 is 25.8 Å². The van der Waals surface area contributed by atoms with Gasteiger partial charge in [-0.15, -0.1) is 0 Å². The summed E-state index contributed by atoms with van der Waals surface area (Å²) in [5, 5.41) is 0. The summed E-state index contributed by atoms with van der Waals surface area (Å²) >= 11 is 0. The Morgan fingerprint density at radius 3 is 2.14 bits per heavy atom. The lowest BCUT2D eigenvalue weighted by molar-refractivity contribution is -0.122. The highest BCUT2D eigenvalue weighted by molar-refractivity contribution is 8.13. The third kappa shape index (κ3) is 5.27. The van der Waals surface area contributed by atoms with Crippen molar-refractivity contribution in [3.8, 4) is 5.75 Å². The standard InChI is InChI=1S/C18H22O4S.CH3ClO2S/c1-23(20,21)22-12-3-5-13-11(10-12)2-4-15-14(13)6-7-17-16(15)8-9-18(17)19;1-5(2,3)4/h3,5,10,14-17H,2,4,6-9H2,1H3;1H3. The number of Topliss-reactive ketones (excluding diaryl/α,β-unsaturated/α-hetero) is 1. The van der Waals surface area contributed by atoms with E-state index in [1.165, 1.54) is 11.1 Å². The van der Waals surface area contributed by atoms with Crippen LogP contribution in [0.25, 0.3) is 0 Å². The van der Waals surface area contributed by atoms with Gasteiger partial charge in [0.15, 0.2) is 0 Å². The molecule has 1 aromatic rings. The molecule has 2 fully saturated rings. The summed E-state index contributed by atoms with van der Waals surface area (Å²) in [7, 11) is -2.17. The lowest BCUT2D eigenvalue weighted by atomic mass is 9.61. The molecule has 0 radical (unpaired) electrons. The molecule has 4 unspecified atom stereocenters. The Hall–Kier alpha value is -1.12. The Morgan fingerprint density at radius 2 is 1.50 bits per heavy atom. The minimum absolute atomic E-state index is 0.311. The smallest absolute Gasteiger partial charge is 0.306 e. The normalized spacial score (nSPS) is 29.0. The number of ketones is 1. The van der Waals surface area contributed by atoms with Crippen molar-refractivity contribution in [3.05, 3.63) is 29.3 Å². The van der Waals surface area contributed by atoms with Gasteiger partial charge in [-0.05, 0) is 73.1 Å². The molecule has 6 nitrogen and oxygen atoms in total. The molecule has 2 saturated carbocycles. The molecule has 0 amide bonds. The van der Waals surface area contributed by atoms with Gasteiger partial charge in [0.2, 0.25) is 9.05 Å². The maximum atomic E-state index is 12.0. The van der Waals surface area contributed by atoms with Gasteiger partial charge in [0.25, 0.3) is 0 Å². The molecule has 156 valence electrons. The maximum Gasteiger partial charge on any atom is 0.306 e. The van der Waals surface area contributed by atoms with E-state index in [1.807, 2.05) is 12.1 Å². The maximum absolute atomic E-state index is 12.0. The van der Waals surface area contributed by atoms with Crippen LogP contribution in [0.15, 0.2) is 18.2 Å². The van der Waals surface area contributed by atoms with Gasteiger partial charge < -0.3 is 4.18 Å². The zero-order chi connectivity index (χ0) is 20.7. The molecule has 3 aliphatic carbocycles. The van der Waals surface area contributed by atoms with Crippen LogP contribution in [-0.4, -0.2) is 35.1 Å². The second-order valence-corrected chi connectivity index (χ2v) is 12.6. The second-order valence-electron chi connectivity index (χ2n) is 7.99. The quantitative estimate of drug-likeness (QED) is 0.509. The molecule has 0 heterocycles. The third-order valence-electron chi connectivity index (χ3n) is 6.02. The van der Waals surface area contributed by atoms with Crippen molar-refractivity contribution in [1.82, 2.24) is 0 Å². The monoisotopic (exact) mass is 448 g/mol.